The van der Waals surface area contributed by atoms with E-state index in [-0.39, 0.29) is 6.04 Å². The number of fused-ring (bicyclic) bond motifs is 1. The molecule has 2 heterocycles. The fraction of sp³-hybridized carbons (Fsp3) is 0.462. The van der Waals surface area contributed by atoms with E-state index in [2.05, 4.69) is 10.6 Å². The molecule has 1 aromatic carbocycles. The third-order valence-electron chi connectivity index (χ3n) is 3.44. The smallest absolute Gasteiger partial charge is 0.262 e. The number of rotatable bonds is 2. The van der Waals surface area contributed by atoms with E-state index in [0.717, 1.165) is 11.3 Å². The Morgan fingerprint density at radius 2 is 2.21 bits per heavy atom. The lowest BCUT2D eigenvalue weighted by molar-refractivity contribution is -0.124. The number of nitrogens with one attached hydrogen (secondary N) is 2. The van der Waals surface area contributed by atoms with Crippen molar-refractivity contribution in [3.8, 4) is 5.75 Å². The predicted octanol–water partition coefficient (Wildman–Crippen LogP) is 1.23. The molecule has 2 aliphatic heterocycles. The van der Waals surface area contributed by atoms with E-state index in [0.29, 0.717) is 6.61 Å². The molecule has 19 heavy (non-hydrogen) atoms. The fourth-order valence-corrected chi connectivity index (χ4v) is 2.46. The Kier molecular flexibility index (Phi) is 2.89. The predicted molar refractivity (Wildman–Crippen MR) is 64.2 cm³/mol. The number of carbonyl (C=O) groups excluding carboxylic acids is 1. The first kappa shape index (κ1) is 12.3. The van der Waals surface area contributed by atoms with Crippen LogP contribution in [0.5, 0.6) is 5.75 Å². The average Bonchev–Trinajstić information content (AvgIpc) is 2.94. The number of ether oxygens (including phenoxy) is 1. The SMILES string of the molecule is O=C(NC1COc2ccccc21)C1CC(F)(F)CN1. The molecule has 0 aromatic heterocycles. The third-order valence-corrected chi connectivity index (χ3v) is 3.44. The number of halogens is 2. The molecule has 1 amide bonds. The summed E-state index contributed by atoms with van der Waals surface area (Å²) in [6, 6.07) is 6.30. The highest BCUT2D eigenvalue weighted by Crippen LogP contribution is 2.32. The van der Waals surface area contributed by atoms with Crippen LogP contribution < -0.4 is 15.4 Å². The van der Waals surface area contributed by atoms with Gasteiger partial charge in [0, 0.05) is 12.0 Å². The Morgan fingerprint density at radius 3 is 2.95 bits per heavy atom. The van der Waals surface area contributed by atoms with Gasteiger partial charge in [-0.2, -0.15) is 0 Å². The minimum Gasteiger partial charge on any atom is -0.491 e. The quantitative estimate of drug-likeness (QED) is 0.848. The zero-order valence-corrected chi connectivity index (χ0v) is 10.2. The third kappa shape index (κ3) is 2.40. The van der Waals surface area contributed by atoms with Gasteiger partial charge in [0.1, 0.15) is 12.4 Å². The van der Waals surface area contributed by atoms with E-state index in [9.17, 15) is 13.6 Å². The molecule has 1 aromatic rings. The Hall–Kier alpha value is -1.69. The molecule has 4 nitrogen and oxygen atoms in total. The summed E-state index contributed by atoms with van der Waals surface area (Å²) in [7, 11) is 0. The van der Waals surface area contributed by atoms with E-state index < -0.39 is 30.8 Å². The van der Waals surface area contributed by atoms with Crippen molar-refractivity contribution < 1.29 is 18.3 Å². The first-order valence-electron chi connectivity index (χ1n) is 6.18. The van der Waals surface area contributed by atoms with Crippen molar-refractivity contribution in [1.29, 1.82) is 0 Å². The van der Waals surface area contributed by atoms with Crippen LogP contribution in [0.1, 0.15) is 18.0 Å². The summed E-state index contributed by atoms with van der Waals surface area (Å²) >= 11 is 0. The van der Waals surface area contributed by atoms with Crippen LogP contribution in [0.2, 0.25) is 0 Å². The van der Waals surface area contributed by atoms with E-state index >= 15 is 0 Å². The molecule has 6 heteroatoms. The van der Waals surface area contributed by atoms with Crippen molar-refractivity contribution in [2.45, 2.75) is 24.4 Å². The molecule has 3 rings (SSSR count). The van der Waals surface area contributed by atoms with Crippen molar-refractivity contribution in [2.24, 2.45) is 0 Å². The van der Waals surface area contributed by atoms with Crippen molar-refractivity contribution in [1.82, 2.24) is 10.6 Å². The maximum absolute atomic E-state index is 13.0. The molecular formula is C13H14F2N2O2. The Balaban J connectivity index is 1.66. The Bertz CT molecular complexity index is 507. The fourth-order valence-electron chi connectivity index (χ4n) is 2.46. The summed E-state index contributed by atoms with van der Waals surface area (Å²) in [6.07, 6.45) is -0.450. The topological polar surface area (TPSA) is 50.4 Å². The van der Waals surface area contributed by atoms with Gasteiger partial charge in [0.2, 0.25) is 5.91 Å². The van der Waals surface area contributed by atoms with Crippen LogP contribution >= 0.6 is 0 Å². The second-order valence-electron chi connectivity index (χ2n) is 4.90. The van der Waals surface area contributed by atoms with E-state index in [1.807, 2.05) is 24.3 Å². The average molecular weight is 268 g/mol. The normalized spacial score (nSPS) is 27.7. The van der Waals surface area contributed by atoms with Gasteiger partial charge in [-0.05, 0) is 6.07 Å². The summed E-state index contributed by atoms with van der Waals surface area (Å²) in [4.78, 5) is 11.9. The molecule has 0 radical (unpaired) electrons. The van der Waals surface area contributed by atoms with Gasteiger partial charge in [-0.3, -0.25) is 10.1 Å². The largest absolute Gasteiger partial charge is 0.491 e. The lowest BCUT2D eigenvalue weighted by Crippen LogP contribution is -2.42. The molecule has 1 saturated heterocycles. The van der Waals surface area contributed by atoms with Crippen molar-refractivity contribution in [3.63, 3.8) is 0 Å². The zero-order valence-electron chi connectivity index (χ0n) is 10.2. The van der Waals surface area contributed by atoms with Crippen LogP contribution in [0.15, 0.2) is 24.3 Å². The Labute approximate surface area is 109 Å². The minimum atomic E-state index is -2.80. The minimum absolute atomic E-state index is 0.264. The standard InChI is InChI=1S/C13H14F2N2O2/c14-13(15)5-9(16-7-13)12(18)17-10-6-19-11-4-2-1-3-8(10)11/h1-4,9-10,16H,5-7H2,(H,17,18). The number of para-hydroxylation sites is 1. The van der Waals surface area contributed by atoms with Crippen molar-refractivity contribution in [2.75, 3.05) is 13.2 Å². The second-order valence-corrected chi connectivity index (χ2v) is 4.90. The summed E-state index contributed by atoms with van der Waals surface area (Å²) in [5.41, 5.74) is 0.889. The molecule has 2 unspecified atom stereocenters. The molecular weight excluding hydrogens is 254 g/mol. The summed E-state index contributed by atoms with van der Waals surface area (Å²) in [5.74, 6) is -2.47. The van der Waals surface area contributed by atoms with Crippen LogP contribution in [0.25, 0.3) is 0 Å². The lowest BCUT2D eigenvalue weighted by Gasteiger charge is -2.15. The van der Waals surface area contributed by atoms with Gasteiger partial charge in [-0.15, -0.1) is 0 Å². The van der Waals surface area contributed by atoms with Crippen LogP contribution in [0.4, 0.5) is 8.78 Å². The van der Waals surface area contributed by atoms with Gasteiger partial charge in [-0.25, -0.2) is 8.78 Å². The zero-order chi connectivity index (χ0) is 13.5. The van der Waals surface area contributed by atoms with Gasteiger partial charge >= 0.3 is 0 Å². The maximum Gasteiger partial charge on any atom is 0.262 e. The van der Waals surface area contributed by atoms with Crippen LogP contribution in [0.3, 0.4) is 0 Å². The summed E-state index contributed by atoms with van der Waals surface area (Å²) in [5, 5.41) is 5.30. The van der Waals surface area contributed by atoms with Gasteiger partial charge in [0.25, 0.3) is 5.92 Å². The van der Waals surface area contributed by atoms with Crippen molar-refractivity contribution in [3.05, 3.63) is 29.8 Å². The summed E-state index contributed by atoms with van der Waals surface area (Å²) in [6.45, 7) is -0.100. The monoisotopic (exact) mass is 268 g/mol. The number of amides is 1. The lowest BCUT2D eigenvalue weighted by atomic mass is 10.1. The van der Waals surface area contributed by atoms with Gasteiger partial charge in [0.15, 0.2) is 0 Å². The number of carbonyl (C=O) groups is 1. The molecule has 2 atom stereocenters. The highest BCUT2D eigenvalue weighted by molar-refractivity contribution is 5.82. The second kappa shape index (κ2) is 4.45. The molecule has 2 aliphatic rings. The highest BCUT2D eigenvalue weighted by atomic mass is 19.3. The molecule has 0 spiro atoms. The van der Waals surface area contributed by atoms with Gasteiger partial charge in [0.05, 0.1) is 18.6 Å². The van der Waals surface area contributed by atoms with Crippen LogP contribution in [0, 0.1) is 0 Å². The summed E-state index contributed by atoms with van der Waals surface area (Å²) < 4.78 is 31.5. The van der Waals surface area contributed by atoms with E-state index in [4.69, 9.17) is 4.74 Å². The molecule has 2 N–H and O–H groups in total. The molecule has 1 fully saturated rings. The van der Waals surface area contributed by atoms with Crippen molar-refractivity contribution >= 4 is 5.91 Å². The number of hydrogen-bond acceptors (Lipinski definition) is 3. The molecule has 0 aliphatic carbocycles. The van der Waals surface area contributed by atoms with Gasteiger partial charge < -0.3 is 10.1 Å². The highest BCUT2D eigenvalue weighted by Gasteiger charge is 2.43. The molecule has 102 valence electrons. The van der Waals surface area contributed by atoms with E-state index in [1.165, 1.54) is 0 Å². The van der Waals surface area contributed by atoms with Gasteiger partial charge in [-0.1, -0.05) is 18.2 Å². The van der Waals surface area contributed by atoms with E-state index in [1.54, 1.807) is 0 Å². The van der Waals surface area contributed by atoms with Crippen LogP contribution in [-0.4, -0.2) is 31.0 Å². The maximum atomic E-state index is 13.0. The molecule has 0 saturated carbocycles. The number of benzene rings is 1. The molecule has 0 bridgehead atoms. The number of alkyl halides is 2. The first-order chi connectivity index (χ1) is 9.05. The Morgan fingerprint density at radius 1 is 1.42 bits per heavy atom. The van der Waals surface area contributed by atoms with Crippen LogP contribution in [-0.2, 0) is 4.79 Å². The number of hydrogen-bond donors (Lipinski definition) is 2. The first-order valence-corrected chi connectivity index (χ1v) is 6.18.